The zero-order chi connectivity index (χ0) is 15.1. The van der Waals surface area contributed by atoms with Crippen LogP contribution in [0, 0.1) is 0 Å². The Morgan fingerprint density at radius 1 is 0.600 bits per heavy atom. The van der Waals surface area contributed by atoms with Gasteiger partial charge in [-0.05, 0) is 25.4 Å². The molecule has 0 aromatic carbocycles. The van der Waals surface area contributed by atoms with E-state index in [9.17, 15) is 0 Å². The average molecular weight is 303 g/mol. The summed E-state index contributed by atoms with van der Waals surface area (Å²) >= 11 is 0. The van der Waals surface area contributed by atoms with E-state index in [4.69, 9.17) is 8.85 Å². The third-order valence-electron chi connectivity index (χ3n) is 3.80. The summed E-state index contributed by atoms with van der Waals surface area (Å²) in [5.41, 5.74) is 0. The van der Waals surface area contributed by atoms with E-state index in [-0.39, 0.29) is 0 Å². The first-order valence-corrected chi connectivity index (χ1v) is 11.5. The smallest absolute Gasteiger partial charge is 0.334 e. The monoisotopic (exact) mass is 302 g/mol. The minimum atomic E-state index is -1.89. The highest BCUT2D eigenvalue weighted by Crippen LogP contribution is 2.20. The molecule has 0 N–H and O–H groups in total. The molecule has 0 aliphatic carbocycles. The van der Waals surface area contributed by atoms with Crippen molar-refractivity contribution in [2.24, 2.45) is 0 Å². The number of hydrogen-bond donors (Lipinski definition) is 0. The van der Waals surface area contributed by atoms with Gasteiger partial charge in [0.25, 0.3) is 0 Å². The van der Waals surface area contributed by atoms with E-state index < -0.39 is 8.56 Å². The predicted octanol–water partition coefficient (Wildman–Crippen LogP) is 6.05. The second-order valence-corrected chi connectivity index (χ2v) is 9.40. The van der Waals surface area contributed by atoms with Crippen LogP contribution in [-0.4, -0.2) is 21.8 Å². The van der Waals surface area contributed by atoms with Crippen LogP contribution in [0.25, 0.3) is 0 Å². The summed E-state index contributed by atoms with van der Waals surface area (Å²) in [5, 5.41) is 0. The maximum atomic E-state index is 6.16. The van der Waals surface area contributed by atoms with Gasteiger partial charge >= 0.3 is 8.56 Å². The molecule has 0 unspecified atom stereocenters. The van der Waals surface area contributed by atoms with Crippen molar-refractivity contribution in [3.05, 3.63) is 0 Å². The molecule has 3 heteroatoms. The summed E-state index contributed by atoms with van der Waals surface area (Å²) in [6.07, 6.45) is 12.8. The van der Waals surface area contributed by atoms with Crippen LogP contribution in [0.2, 0.25) is 12.6 Å². The molecular formula is C17H38O2Si. The molecule has 0 atom stereocenters. The van der Waals surface area contributed by atoms with Crippen molar-refractivity contribution in [1.29, 1.82) is 0 Å². The summed E-state index contributed by atoms with van der Waals surface area (Å²) in [6.45, 7) is 10.8. The second kappa shape index (κ2) is 14.1. The zero-order valence-corrected chi connectivity index (χ0v) is 15.5. The average Bonchev–Trinajstić information content (AvgIpc) is 2.43. The van der Waals surface area contributed by atoms with E-state index in [0.717, 1.165) is 26.1 Å². The van der Waals surface area contributed by atoms with Crippen molar-refractivity contribution in [1.82, 2.24) is 0 Å². The molecule has 0 fully saturated rings. The summed E-state index contributed by atoms with van der Waals surface area (Å²) in [4.78, 5) is 0. The van der Waals surface area contributed by atoms with Gasteiger partial charge < -0.3 is 8.85 Å². The van der Waals surface area contributed by atoms with Gasteiger partial charge in [0.05, 0.1) is 0 Å². The fourth-order valence-electron chi connectivity index (χ4n) is 2.28. The van der Waals surface area contributed by atoms with E-state index in [2.05, 4.69) is 27.3 Å². The van der Waals surface area contributed by atoms with Gasteiger partial charge in [0, 0.05) is 13.2 Å². The highest BCUT2D eigenvalue weighted by molar-refractivity contribution is 6.66. The lowest BCUT2D eigenvalue weighted by atomic mass is 10.1. The molecule has 122 valence electrons. The Balaban J connectivity index is 3.89. The van der Waals surface area contributed by atoms with E-state index >= 15 is 0 Å². The van der Waals surface area contributed by atoms with Crippen LogP contribution in [0.5, 0.6) is 0 Å². The summed E-state index contributed by atoms with van der Waals surface area (Å²) in [5.74, 6) is 0. The molecule has 0 aromatic heterocycles. The third kappa shape index (κ3) is 11.9. The number of rotatable bonds is 15. The molecule has 0 aliphatic rings. The SMILES string of the molecule is CCCCCCCC[Si](C)(OCCCC)OCCCC. The lowest BCUT2D eigenvalue weighted by Crippen LogP contribution is -2.39. The van der Waals surface area contributed by atoms with Gasteiger partial charge in [0.1, 0.15) is 0 Å². The minimum Gasteiger partial charge on any atom is -0.394 e. The molecule has 0 spiro atoms. The van der Waals surface area contributed by atoms with Gasteiger partial charge in [0.15, 0.2) is 0 Å². The summed E-state index contributed by atoms with van der Waals surface area (Å²) in [7, 11) is -1.89. The van der Waals surface area contributed by atoms with Gasteiger partial charge in [-0.1, -0.05) is 72.1 Å². The van der Waals surface area contributed by atoms with Crippen molar-refractivity contribution in [2.75, 3.05) is 13.2 Å². The van der Waals surface area contributed by atoms with Crippen molar-refractivity contribution in [2.45, 2.75) is 97.6 Å². The van der Waals surface area contributed by atoms with E-state index in [1.807, 2.05) is 0 Å². The minimum absolute atomic E-state index is 0.890. The molecule has 0 aromatic rings. The molecule has 0 rings (SSSR count). The van der Waals surface area contributed by atoms with Gasteiger partial charge in [-0.2, -0.15) is 0 Å². The molecule has 2 nitrogen and oxygen atoms in total. The van der Waals surface area contributed by atoms with Crippen molar-refractivity contribution < 1.29 is 8.85 Å². The first-order chi connectivity index (χ1) is 9.68. The highest BCUT2D eigenvalue weighted by atomic mass is 28.4. The molecule has 0 amide bonds. The Labute approximate surface area is 128 Å². The maximum absolute atomic E-state index is 6.16. The van der Waals surface area contributed by atoms with Crippen molar-refractivity contribution in [3.63, 3.8) is 0 Å². The maximum Gasteiger partial charge on any atom is 0.334 e. The summed E-state index contributed by atoms with van der Waals surface area (Å²) < 4.78 is 12.3. The quantitative estimate of drug-likeness (QED) is 0.271. The van der Waals surface area contributed by atoms with Crippen LogP contribution in [0.15, 0.2) is 0 Å². The zero-order valence-electron chi connectivity index (χ0n) is 14.5. The molecule has 20 heavy (non-hydrogen) atoms. The molecule has 0 radical (unpaired) electrons. The first kappa shape index (κ1) is 20.1. The summed E-state index contributed by atoms with van der Waals surface area (Å²) in [6, 6.07) is 1.17. The van der Waals surface area contributed by atoms with Crippen molar-refractivity contribution >= 4 is 8.56 Å². The molecule has 0 saturated carbocycles. The standard InChI is InChI=1S/C17H38O2Si/c1-5-8-11-12-13-14-17-20(4,18-15-9-6-2)19-16-10-7-3/h5-17H2,1-4H3. The Hall–Kier alpha value is 0.137. The normalized spacial score (nSPS) is 12.0. The van der Waals surface area contributed by atoms with E-state index in [1.54, 1.807) is 0 Å². The van der Waals surface area contributed by atoms with Crippen molar-refractivity contribution in [3.8, 4) is 0 Å². The molecule has 0 aliphatic heterocycles. The Kier molecular flexibility index (Phi) is 14.2. The second-order valence-electron chi connectivity index (χ2n) is 6.06. The molecular weight excluding hydrogens is 264 g/mol. The lowest BCUT2D eigenvalue weighted by Gasteiger charge is -2.27. The predicted molar refractivity (Wildman–Crippen MR) is 91.5 cm³/mol. The fourth-order valence-corrected chi connectivity index (χ4v) is 4.69. The largest absolute Gasteiger partial charge is 0.394 e. The molecule has 0 heterocycles. The Bertz CT molecular complexity index is 187. The fraction of sp³-hybridized carbons (Fsp3) is 1.00. The number of unbranched alkanes of at least 4 members (excludes halogenated alkanes) is 7. The Morgan fingerprint density at radius 3 is 1.55 bits per heavy atom. The Morgan fingerprint density at radius 2 is 1.05 bits per heavy atom. The van der Waals surface area contributed by atoms with Crippen LogP contribution in [-0.2, 0) is 8.85 Å². The van der Waals surface area contributed by atoms with Crippen LogP contribution < -0.4 is 0 Å². The topological polar surface area (TPSA) is 18.5 Å². The van der Waals surface area contributed by atoms with Crippen LogP contribution in [0.3, 0.4) is 0 Å². The van der Waals surface area contributed by atoms with Gasteiger partial charge in [-0.3, -0.25) is 0 Å². The van der Waals surface area contributed by atoms with Crippen LogP contribution in [0.4, 0.5) is 0 Å². The lowest BCUT2D eigenvalue weighted by molar-refractivity contribution is 0.168. The van der Waals surface area contributed by atoms with Gasteiger partial charge in [-0.25, -0.2) is 0 Å². The van der Waals surface area contributed by atoms with Crippen LogP contribution in [0.1, 0.15) is 85.0 Å². The van der Waals surface area contributed by atoms with Gasteiger partial charge in [0.2, 0.25) is 0 Å². The third-order valence-corrected chi connectivity index (χ3v) is 6.69. The van der Waals surface area contributed by atoms with Crippen LogP contribution >= 0.6 is 0 Å². The first-order valence-electron chi connectivity index (χ1n) is 8.96. The molecule has 0 saturated heterocycles. The van der Waals surface area contributed by atoms with E-state index in [1.165, 1.54) is 57.4 Å². The highest BCUT2D eigenvalue weighted by Gasteiger charge is 2.30. The molecule has 0 bridgehead atoms. The van der Waals surface area contributed by atoms with Gasteiger partial charge in [-0.15, -0.1) is 0 Å². The van der Waals surface area contributed by atoms with E-state index in [0.29, 0.717) is 0 Å². The number of hydrogen-bond acceptors (Lipinski definition) is 2.